The third-order valence-electron chi connectivity index (χ3n) is 5.06. The highest BCUT2D eigenvalue weighted by Gasteiger charge is 2.29. The van der Waals surface area contributed by atoms with Crippen molar-refractivity contribution in [1.82, 2.24) is 20.2 Å². The van der Waals surface area contributed by atoms with Gasteiger partial charge in [0.15, 0.2) is 0 Å². The van der Waals surface area contributed by atoms with E-state index in [1.165, 1.54) is 4.88 Å². The van der Waals surface area contributed by atoms with E-state index in [2.05, 4.69) is 31.6 Å². The quantitative estimate of drug-likeness (QED) is 0.606. The molecule has 3 aromatic rings. The molecule has 1 amide bonds. The fourth-order valence-electron chi connectivity index (χ4n) is 3.67. The first-order chi connectivity index (χ1) is 13.7. The summed E-state index contributed by atoms with van der Waals surface area (Å²) in [5, 5.41) is 5.80. The number of carbonyl (C=O) groups excluding carboxylic acids is 1. The summed E-state index contributed by atoms with van der Waals surface area (Å²) in [7, 11) is 0. The molecular weight excluding hydrogens is 392 g/mol. The summed E-state index contributed by atoms with van der Waals surface area (Å²) >= 11 is 8.02. The molecule has 0 bridgehead atoms. The Labute approximate surface area is 173 Å². The molecule has 3 heterocycles. The SMILES string of the molecule is O=C(CN1CCC[C@@H]1c1ncc(-c2ccccc2Cl)[nH]1)NCCc1cccs1. The molecule has 0 saturated carbocycles. The number of thiophene rings is 1. The lowest BCUT2D eigenvalue weighted by Crippen LogP contribution is -2.37. The van der Waals surface area contributed by atoms with Crippen molar-refractivity contribution in [1.29, 1.82) is 0 Å². The molecule has 28 heavy (non-hydrogen) atoms. The van der Waals surface area contributed by atoms with Gasteiger partial charge in [-0.15, -0.1) is 11.3 Å². The molecule has 1 aliphatic rings. The van der Waals surface area contributed by atoms with E-state index < -0.39 is 0 Å². The summed E-state index contributed by atoms with van der Waals surface area (Å²) in [5.74, 6) is 0.972. The first kappa shape index (κ1) is 19.2. The van der Waals surface area contributed by atoms with Crippen LogP contribution in [-0.4, -0.2) is 40.4 Å². The first-order valence-electron chi connectivity index (χ1n) is 9.53. The van der Waals surface area contributed by atoms with Gasteiger partial charge in [0.2, 0.25) is 5.91 Å². The molecule has 5 nitrogen and oxygen atoms in total. The number of nitrogens with zero attached hydrogens (tertiary/aromatic N) is 2. The maximum Gasteiger partial charge on any atom is 0.234 e. The fraction of sp³-hybridized carbons (Fsp3) is 0.333. The lowest BCUT2D eigenvalue weighted by Gasteiger charge is -2.22. The molecule has 1 aromatic carbocycles. The minimum atomic E-state index is 0.0707. The highest BCUT2D eigenvalue weighted by molar-refractivity contribution is 7.09. The largest absolute Gasteiger partial charge is 0.355 e. The number of aromatic amines is 1. The Morgan fingerprint density at radius 2 is 2.21 bits per heavy atom. The van der Waals surface area contributed by atoms with Crippen LogP contribution >= 0.6 is 22.9 Å². The van der Waals surface area contributed by atoms with Gasteiger partial charge in [0.25, 0.3) is 0 Å². The molecule has 1 saturated heterocycles. The summed E-state index contributed by atoms with van der Waals surface area (Å²) in [6, 6.07) is 12.0. The van der Waals surface area contributed by atoms with Crippen LogP contribution in [0.4, 0.5) is 0 Å². The summed E-state index contributed by atoms with van der Waals surface area (Å²) in [6.07, 6.45) is 4.77. The molecule has 0 unspecified atom stereocenters. The predicted molar refractivity (Wildman–Crippen MR) is 114 cm³/mol. The molecular formula is C21H23ClN4OS. The number of halogens is 1. The number of aromatic nitrogens is 2. The maximum atomic E-state index is 12.4. The molecule has 1 fully saturated rings. The van der Waals surface area contributed by atoms with E-state index in [9.17, 15) is 4.79 Å². The van der Waals surface area contributed by atoms with Crippen molar-refractivity contribution in [2.24, 2.45) is 0 Å². The highest BCUT2D eigenvalue weighted by Crippen LogP contribution is 2.32. The summed E-state index contributed by atoms with van der Waals surface area (Å²) < 4.78 is 0. The second kappa shape index (κ2) is 8.90. The van der Waals surface area contributed by atoms with E-state index in [-0.39, 0.29) is 11.9 Å². The Morgan fingerprint density at radius 1 is 1.32 bits per heavy atom. The zero-order valence-corrected chi connectivity index (χ0v) is 17.1. The number of imidazole rings is 1. The van der Waals surface area contributed by atoms with E-state index in [0.29, 0.717) is 18.1 Å². The van der Waals surface area contributed by atoms with Crippen LogP contribution in [-0.2, 0) is 11.2 Å². The van der Waals surface area contributed by atoms with Crippen LogP contribution in [0.2, 0.25) is 5.02 Å². The number of nitrogens with one attached hydrogen (secondary N) is 2. The molecule has 2 aromatic heterocycles. The lowest BCUT2D eigenvalue weighted by atomic mass is 10.2. The summed E-state index contributed by atoms with van der Waals surface area (Å²) in [4.78, 5) is 23.9. The van der Waals surface area contributed by atoms with E-state index in [4.69, 9.17) is 11.6 Å². The Balaban J connectivity index is 1.36. The number of H-pyrrole nitrogens is 1. The Kier molecular flexibility index (Phi) is 6.10. The van der Waals surface area contributed by atoms with Gasteiger partial charge >= 0.3 is 0 Å². The van der Waals surface area contributed by atoms with Crippen molar-refractivity contribution in [3.63, 3.8) is 0 Å². The average Bonchev–Trinajstić information content (AvgIpc) is 3.43. The van der Waals surface area contributed by atoms with Gasteiger partial charge in [-0.3, -0.25) is 9.69 Å². The monoisotopic (exact) mass is 414 g/mol. The van der Waals surface area contributed by atoms with Crippen LogP contribution in [0, 0.1) is 0 Å². The number of likely N-dealkylation sites (tertiary alicyclic amines) is 1. The summed E-state index contributed by atoms with van der Waals surface area (Å²) in [6.45, 7) is 1.98. The second-order valence-corrected chi connectivity index (χ2v) is 8.41. The van der Waals surface area contributed by atoms with E-state index in [1.807, 2.05) is 36.5 Å². The fourth-order valence-corrected chi connectivity index (χ4v) is 4.61. The van der Waals surface area contributed by atoms with Crippen molar-refractivity contribution in [2.75, 3.05) is 19.6 Å². The first-order valence-corrected chi connectivity index (χ1v) is 10.8. The van der Waals surface area contributed by atoms with Gasteiger partial charge in [-0.2, -0.15) is 0 Å². The normalized spacial score (nSPS) is 17.1. The van der Waals surface area contributed by atoms with E-state index >= 15 is 0 Å². The summed E-state index contributed by atoms with van der Waals surface area (Å²) in [5.41, 5.74) is 1.85. The average molecular weight is 415 g/mol. The lowest BCUT2D eigenvalue weighted by molar-refractivity contribution is -0.122. The van der Waals surface area contributed by atoms with Crippen molar-refractivity contribution >= 4 is 28.8 Å². The highest BCUT2D eigenvalue weighted by atomic mass is 35.5. The third-order valence-corrected chi connectivity index (χ3v) is 6.32. The number of rotatable bonds is 7. The molecule has 0 spiro atoms. The van der Waals surface area contributed by atoms with Gasteiger partial charge in [0.05, 0.1) is 24.5 Å². The Hall–Kier alpha value is -2.15. The molecule has 0 radical (unpaired) electrons. The zero-order valence-electron chi connectivity index (χ0n) is 15.5. The molecule has 1 atom stereocenters. The van der Waals surface area contributed by atoms with E-state index in [0.717, 1.165) is 42.9 Å². The maximum absolute atomic E-state index is 12.4. The van der Waals surface area contributed by atoms with Crippen molar-refractivity contribution in [3.8, 4) is 11.3 Å². The smallest absolute Gasteiger partial charge is 0.234 e. The van der Waals surface area contributed by atoms with Crippen molar-refractivity contribution in [3.05, 3.63) is 63.7 Å². The predicted octanol–water partition coefficient (Wildman–Crippen LogP) is 4.29. The van der Waals surface area contributed by atoms with Gasteiger partial charge in [0.1, 0.15) is 5.82 Å². The number of hydrogen-bond donors (Lipinski definition) is 2. The number of hydrogen-bond acceptors (Lipinski definition) is 4. The van der Waals surface area contributed by atoms with Crippen LogP contribution in [0.3, 0.4) is 0 Å². The van der Waals surface area contributed by atoms with Crippen LogP contribution in [0.15, 0.2) is 48.0 Å². The van der Waals surface area contributed by atoms with E-state index in [1.54, 1.807) is 11.3 Å². The van der Waals surface area contributed by atoms with Crippen LogP contribution in [0.25, 0.3) is 11.3 Å². The molecule has 146 valence electrons. The minimum absolute atomic E-state index is 0.0707. The topological polar surface area (TPSA) is 61.0 Å². The molecule has 4 rings (SSSR count). The van der Waals surface area contributed by atoms with Gasteiger partial charge in [-0.05, 0) is 43.3 Å². The van der Waals surface area contributed by atoms with Crippen molar-refractivity contribution in [2.45, 2.75) is 25.3 Å². The van der Waals surface area contributed by atoms with Crippen LogP contribution in [0.5, 0.6) is 0 Å². The molecule has 7 heteroatoms. The standard InChI is InChI=1S/C21H23ClN4OS/c22-17-7-2-1-6-16(17)18-13-24-21(25-18)19-8-3-11-26(19)14-20(27)23-10-9-15-5-4-12-28-15/h1-2,4-7,12-13,19H,3,8-11,14H2,(H,23,27)(H,24,25)/t19-/m1/s1. The van der Waals surface area contributed by atoms with Crippen LogP contribution < -0.4 is 5.32 Å². The Bertz CT molecular complexity index is 924. The van der Waals surface area contributed by atoms with Gasteiger partial charge in [0, 0.05) is 22.0 Å². The second-order valence-electron chi connectivity index (χ2n) is 6.97. The van der Waals surface area contributed by atoms with Crippen LogP contribution in [0.1, 0.15) is 29.6 Å². The minimum Gasteiger partial charge on any atom is -0.355 e. The number of amides is 1. The van der Waals surface area contributed by atoms with Gasteiger partial charge in [-0.1, -0.05) is 35.9 Å². The van der Waals surface area contributed by atoms with Crippen molar-refractivity contribution < 1.29 is 4.79 Å². The Morgan fingerprint density at radius 3 is 3.04 bits per heavy atom. The zero-order chi connectivity index (χ0) is 19.3. The van der Waals surface area contributed by atoms with Gasteiger partial charge < -0.3 is 10.3 Å². The molecule has 0 aliphatic carbocycles. The number of benzene rings is 1. The number of carbonyl (C=O) groups is 1. The van der Waals surface area contributed by atoms with Gasteiger partial charge in [-0.25, -0.2) is 4.98 Å². The molecule has 2 N–H and O–H groups in total. The molecule has 1 aliphatic heterocycles. The third kappa shape index (κ3) is 4.46.